The molecule has 3 heteroatoms. The molecule has 0 aliphatic heterocycles. The van der Waals surface area contributed by atoms with Crippen molar-refractivity contribution in [2.45, 2.75) is 0 Å². The standard InChI is InChI=1S/C56H36N2O/c1-2-16-41(17-3-1)57(52-25-12-23-49-47-20-8-9-26-53(47)59-56(49)52)42-32-27-37(28-33-42)38-29-34-43(35-30-38)58-50-24-11-22-48(46-21-10-15-39-13-4-6-18-44(39)46)55(50)54-45-19-7-5-14-40(45)31-36-51(54)58/h1-36H. The molecule has 276 valence electrons. The maximum atomic E-state index is 6.52. The Kier molecular flexibility index (Phi) is 7.54. The van der Waals surface area contributed by atoms with E-state index in [2.05, 4.69) is 216 Å². The van der Waals surface area contributed by atoms with Crippen LogP contribution in [0.3, 0.4) is 0 Å². The van der Waals surface area contributed by atoms with Gasteiger partial charge in [0.1, 0.15) is 5.58 Å². The number of furan rings is 1. The van der Waals surface area contributed by atoms with Gasteiger partial charge in [0.25, 0.3) is 0 Å². The number of rotatable bonds is 6. The Morgan fingerprint density at radius 1 is 0.356 bits per heavy atom. The summed E-state index contributed by atoms with van der Waals surface area (Å²) in [6.45, 7) is 0. The third-order valence-corrected chi connectivity index (χ3v) is 12.0. The monoisotopic (exact) mass is 752 g/mol. The molecule has 0 fully saturated rings. The van der Waals surface area contributed by atoms with E-state index in [9.17, 15) is 0 Å². The van der Waals surface area contributed by atoms with Crippen molar-refractivity contribution in [1.29, 1.82) is 0 Å². The van der Waals surface area contributed by atoms with Crippen molar-refractivity contribution < 1.29 is 4.42 Å². The number of benzene rings is 10. The van der Waals surface area contributed by atoms with E-state index in [0.29, 0.717) is 0 Å². The summed E-state index contributed by atoms with van der Waals surface area (Å²) in [5.74, 6) is 0. The molecular weight excluding hydrogens is 717 g/mol. The second kappa shape index (κ2) is 13.4. The van der Waals surface area contributed by atoms with Gasteiger partial charge in [-0.25, -0.2) is 0 Å². The fourth-order valence-corrected chi connectivity index (χ4v) is 9.31. The Balaban J connectivity index is 0.969. The topological polar surface area (TPSA) is 21.3 Å². The summed E-state index contributed by atoms with van der Waals surface area (Å²) in [4.78, 5) is 2.29. The molecule has 0 aliphatic carbocycles. The quantitative estimate of drug-likeness (QED) is 0.169. The number of para-hydroxylation sites is 3. The number of hydrogen-bond donors (Lipinski definition) is 0. The van der Waals surface area contributed by atoms with E-state index in [-0.39, 0.29) is 0 Å². The predicted molar refractivity (Wildman–Crippen MR) is 249 cm³/mol. The van der Waals surface area contributed by atoms with Gasteiger partial charge in [0.15, 0.2) is 5.58 Å². The fraction of sp³-hybridized carbons (Fsp3) is 0. The molecule has 0 N–H and O–H groups in total. The molecule has 0 radical (unpaired) electrons. The van der Waals surface area contributed by atoms with E-state index in [4.69, 9.17) is 4.42 Å². The second-order valence-electron chi connectivity index (χ2n) is 15.3. The minimum atomic E-state index is 0.875. The van der Waals surface area contributed by atoms with Crippen LogP contribution in [0.5, 0.6) is 0 Å². The maximum Gasteiger partial charge on any atom is 0.159 e. The Labute approximate surface area is 341 Å². The van der Waals surface area contributed by atoms with Crippen molar-refractivity contribution in [2.24, 2.45) is 0 Å². The maximum absolute atomic E-state index is 6.52. The Bertz CT molecular complexity index is 3540. The van der Waals surface area contributed by atoms with Gasteiger partial charge in [-0.2, -0.15) is 0 Å². The van der Waals surface area contributed by atoms with Gasteiger partial charge < -0.3 is 13.9 Å². The number of anilines is 3. The Hall–Kier alpha value is -7.88. The molecule has 2 aromatic heterocycles. The number of fused-ring (bicyclic) bond motifs is 9. The zero-order valence-electron chi connectivity index (χ0n) is 32.1. The molecule has 12 rings (SSSR count). The molecule has 0 unspecified atom stereocenters. The number of aromatic nitrogens is 1. The summed E-state index contributed by atoms with van der Waals surface area (Å²) in [6, 6.07) is 78.6. The van der Waals surface area contributed by atoms with Gasteiger partial charge >= 0.3 is 0 Å². The smallest absolute Gasteiger partial charge is 0.159 e. The van der Waals surface area contributed by atoms with Crippen molar-refractivity contribution in [3.05, 3.63) is 218 Å². The molecule has 10 aromatic carbocycles. The van der Waals surface area contributed by atoms with Gasteiger partial charge in [-0.05, 0) is 104 Å². The summed E-state index contributed by atoms with van der Waals surface area (Å²) in [5, 5.41) is 9.80. The third-order valence-electron chi connectivity index (χ3n) is 12.0. The van der Waals surface area contributed by atoms with Crippen molar-refractivity contribution >= 4 is 82.4 Å². The van der Waals surface area contributed by atoms with Gasteiger partial charge in [-0.15, -0.1) is 0 Å². The van der Waals surface area contributed by atoms with E-state index in [1.165, 1.54) is 54.5 Å². The molecule has 0 spiro atoms. The van der Waals surface area contributed by atoms with Gasteiger partial charge in [0, 0.05) is 38.6 Å². The Morgan fingerprint density at radius 3 is 1.75 bits per heavy atom. The summed E-state index contributed by atoms with van der Waals surface area (Å²) in [5.41, 5.74) is 13.2. The third kappa shape index (κ3) is 5.29. The molecule has 3 nitrogen and oxygen atoms in total. The fourth-order valence-electron chi connectivity index (χ4n) is 9.31. The minimum Gasteiger partial charge on any atom is -0.454 e. The highest BCUT2D eigenvalue weighted by molar-refractivity contribution is 6.26. The largest absolute Gasteiger partial charge is 0.454 e. The Morgan fingerprint density at radius 2 is 0.932 bits per heavy atom. The molecule has 0 atom stereocenters. The van der Waals surface area contributed by atoms with Gasteiger partial charge in [0.2, 0.25) is 0 Å². The van der Waals surface area contributed by atoms with Gasteiger partial charge in [0.05, 0.1) is 16.7 Å². The SMILES string of the molecule is c1ccc(N(c2ccc(-c3ccc(-n4c5cccc(-c6cccc7ccccc67)c5c5c6ccccc6ccc54)cc3)cc2)c2cccc3c2oc2ccccc23)cc1. The molecule has 0 bridgehead atoms. The highest BCUT2D eigenvalue weighted by atomic mass is 16.3. The molecule has 12 aromatic rings. The van der Waals surface area contributed by atoms with Crippen molar-refractivity contribution in [3.8, 4) is 27.9 Å². The molecule has 59 heavy (non-hydrogen) atoms. The van der Waals surface area contributed by atoms with Gasteiger partial charge in [-0.1, -0.05) is 158 Å². The molecule has 0 aliphatic rings. The van der Waals surface area contributed by atoms with Crippen molar-refractivity contribution in [3.63, 3.8) is 0 Å². The lowest BCUT2D eigenvalue weighted by Gasteiger charge is -2.25. The van der Waals surface area contributed by atoms with Gasteiger partial charge in [-0.3, -0.25) is 0 Å². The number of nitrogens with zero attached hydrogens (tertiary/aromatic N) is 2. The van der Waals surface area contributed by atoms with E-state index in [1.54, 1.807) is 0 Å². The normalized spacial score (nSPS) is 11.7. The van der Waals surface area contributed by atoms with Crippen LogP contribution in [0, 0.1) is 0 Å². The summed E-state index contributed by atoms with van der Waals surface area (Å²) >= 11 is 0. The van der Waals surface area contributed by atoms with Crippen LogP contribution in [0.15, 0.2) is 223 Å². The average molecular weight is 753 g/mol. The van der Waals surface area contributed by atoms with Crippen molar-refractivity contribution in [1.82, 2.24) is 4.57 Å². The number of hydrogen-bond acceptors (Lipinski definition) is 2. The van der Waals surface area contributed by atoms with Crippen LogP contribution >= 0.6 is 0 Å². The van der Waals surface area contributed by atoms with E-state index in [1.807, 2.05) is 12.1 Å². The summed E-state index contributed by atoms with van der Waals surface area (Å²) in [7, 11) is 0. The average Bonchev–Trinajstić information content (AvgIpc) is 3.87. The molecule has 2 heterocycles. The van der Waals surface area contributed by atoms with E-state index < -0.39 is 0 Å². The lowest BCUT2D eigenvalue weighted by molar-refractivity contribution is 0.669. The van der Waals surface area contributed by atoms with Crippen molar-refractivity contribution in [2.75, 3.05) is 4.90 Å². The molecule has 0 amide bonds. The first-order chi connectivity index (χ1) is 29.3. The van der Waals surface area contributed by atoms with Crippen LogP contribution in [-0.2, 0) is 0 Å². The van der Waals surface area contributed by atoms with Crippen LogP contribution in [-0.4, -0.2) is 4.57 Å². The lowest BCUT2D eigenvalue weighted by Crippen LogP contribution is -2.10. The zero-order chi connectivity index (χ0) is 38.9. The highest BCUT2D eigenvalue weighted by Gasteiger charge is 2.21. The van der Waals surface area contributed by atoms with Crippen LogP contribution in [0.4, 0.5) is 17.1 Å². The molecule has 0 saturated carbocycles. The zero-order valence-corrected chi connectivity index (χ0v) is 32.1. The van der Waals surface area contributed by atoms with E-state index >= 15 is 0 Å². The predicted octanol–water partition coefficient (Wildman–Crippen LogP) is 15.8. The highest BCUT2D eigenvalue weighted by Crippen LogP contribution is 2.45. The molecule has 0 saturated heterocycles. The minimum absolute atomic E-state index is 0.875. The first-order valence-corrected chi connectivity index (χ1v) is 20.2. The summed E-state index contributed by atoms with van der Waals surface area (Å²) < 4.78 is 8.96. The van der Waals surface area contributed by atoms with Crippen LogP contribution < -0.4 is 4.90 Å². The second-order valence-corrected chi connectivity index (χ2v) is 15.3. The first kappa shape index (κ1) is 33.3. The first-order valence-electron chi connectivity index (χ1n) is 20.2. The lowest BCUT2D eigenvalue weighted by atomic mass is 9.93. The van der Waals surface area contributed by atoms with Crippen LogP contribution in [0.25, 0.3) is 93.2 Å². The van der Waals surface area contributed by atoms with Crippen LogP contribution in [0.2, 0.25) is 0 Å². The molecular formula is C56H36N2O. The van der Waals surface area contributed by atoms with E-state index in [0.717, 1.165) is 55.8 Å². The van der Waals surface area contributed by atoms with Crippen LogP contribution in [0.1, 0.15) is 0 Å². The summed E-state index contributed by atoms with van der Waals surface area (Å²) in [6.07, 6.45) is 0.